The molecule has 0 bridgehead atoms. The van der Waals surface area contributed by atoms with Gasteiger partial charge in [-0.15, -0.1) is 0 Å². The van der Waals surface area contributed by atoms with Crippen molar-refractivity contribution in [1.29, 1.82) is 0 Å². The molecule has 1 N–H and O–H groups in total. The second-order valence-corrected chi connectivity index (χ2v) is 7.61. The minimum absolute atomic E-state index is 0.0826. The van der Waals surface area contributed by atoms with Crippen LogP contribution in [0.4, 0.5) is 4.39 Å². The number of hydrogen-bond donors (Lipinski definition) is 1. The van der Waals surface area contributed by atoms with Crippen molar-refractivity contribution in [3.05, 3.63) is 76.2 Å². The topological polar surface area (TPSA) is 49.0 Å². The molecular formula is C21H19ClFN3O. The summed E-state index contributed by atoms with van der Waals surface area (Å²) in [5, 5.41) is 7.96. The fourth-order valence-electron chi connectivity index (χ4n) is 3.60. The van der Waals surface area contributed by atoms with Crippen molar-refractivity contribution in [2.24, 2.45) is 5.92 Å². The van der Waals surface area contributed by atoms with Gasteiger partial charge in [-0.25, -0.2) is 4.39 Å². The molecular weight excluding hydrogens is 365 g/mol. The molecule has 3 aromatic rings. The summed E-state index contributed by atoms with van der Waals surface area (Å²) >= 11 is 6.01. The quantitative estimate of drug-likeness (QED) is 0.683. The summed E-state index contributed by atoms with van der Waals surface area (Å²) in [5.41, 5.74) is 3.78. The molecule has 0 saturated carbocycles. The van der Waals surface area contributed by atoms with Gasteiger partial charge >= 0.3 is 0 Å². The maximum absolute atomic E-state index is 13.5. The summed E-state index contributed by atoms with van der Waals surface area (Å²) in [7, 11) is 0. The number of benzene rings is 2. The highest BCUT2D eigenvalue weighted by molar-refractivity contribution is 6.30. The molecule has 6 heteroatoms. The molecule has 1 unspecified atom stereocenters. The van der Waals surface area contributed by atoms with Gasteiger partial charge in [0.25, 0.3) is 5.91 Å². The number of aromatic nitrogens is 2. The number of H-pyrrole nitrogens is 1. The summed E-state index contributed by atoms with van der Waals surface area (Å²) in [6, 6.07) is 13.4. The lowest BCUT2D eigenvalue weighted by atomic mass is 9.96. The normalized spacial score (nSPS) is 16.3. The van der Waals surface area contributed by atoms with E-state index >= 15 is 0 Å². The van der Waals surface area contributed by atoms with Gasteiger partial charge in [-0.2, -0.15) is 5.10 Å². The van der Waals surface area contributed by atoms with Gasteiger partial charge in [0, 0.05) is 22.7 Å². The lowest BCUT2D eigenvalue weighted by molar-refractivity contribution is 0.0722. The van der Waals surface area contributed by atoms with Crippen LogP contribution in [0.1, 0.15) is 41.5 Å². The third-order valence-electron chi connectivity index (χ3n) is 4.73. The fourth-order valence-corrected chi connectivity index (χ4v) is 3.72. The monoisotopic (exact) mass is 383 g/mol. The minimum Gasteiger partial charge on any atom is -0.326 e. The molecule has 4 nitrogen and oxygen atoms in total. The molecule has 138 valence electrons. The lowest BCUT2D eigenvalue weighted by Gasteiger charge is -2.28. The summed E-state index contributed by atoms with van der Waals surface area (Å²) in [6.07, 6.45) is 0. The van der Waals surface area contributed by atoms with Crippen LogP contribution in [-0.2, 0) is 0 Å². The molecule has 1 aromatic heterocycles. The Morgan fingerprint density at radius 3 is 2.44 bits per heavy atom. The maximum atomic E-state index is 13.5. The van der Waals surface area contributed by atoms with E-state index in [1.165, 1.54) is 12.1 Å². The highest BCUT2D eigenvalue weighted by atomic mass is 35.5. The van der Waals surface area contributed by atoms with Gasteiger partial charge in [-0.3, -0.25) is 9.89 Å². The lowest BCUT2D eigenvalue weighted by Crippen LogP contribution is -2.32. The van der Waals surface area contributed by atoms with Gasteiger partial charge in [-0.05, 0) is 35.7 Å². The zero-order valence-electron chi connectivity index (χ0n) is 15.0. The predicted octanol–water partition coefficient (Wildman–Crippen LogP) is 5.07. The number of nitrogens with one attached hydrogen (secondary N) is 1. The zero-order valence-corrected chi connectivity index (χ0v) is 15.8. The molecule has 2 heterocycles. The Bertz CT molecular complexity index is 980. The van der Waals surface area contributed by atoms with Crippen molar-refractivity contribution in [3.63, 3.8) is 0 Å². The number of carbonyl (C=O) groups excluding carboxylic acids is 1. The van der Waals surface area contributed by atoms with Crippen molar-refractivity contribution < 1.29 is 9.18 Å². The molecule has 1 aliphatic heterocycles. The second-order valence-electron chi connectivity index (χ2n) is 7.17. The number of nitrogens with zero attached hydrogens (tertiary/aromatic N) is 2. The standard InChI is InChI=1S/C21H19ClFN3O/c1-12(2)11-26-20(14-5-9-16(23)10-6-14)17-18(24-25-19(17)21(26)27)13-3-7-15(22)8-4-13/h3-10,12,20H,11H2,1-2H3,(H,24,25). The van der Waals surface area contributed by atoms with Gasteiger partial charge in [0.15, 0.2) is 0 Å². The molecule has 4 rings (SSSR count). The highest BCUT2D eigenvalue weighted by Crippen LogP contribution is 2.43. The Kier molecular flexibility index (Phi) is 4.48. The first kappa shape index (κ1) is 17.7. The van der Waals surface area contributed by atoms with Gasteiger partial charge in [0.2, 0.25) is 0 Å². The summed E-state index contributed by atoms with van der Waals surface area (Å²) in [4.78, 5) is 14.9. The summed E-state index contributed by atoms with van der Waals surface area (Å²) < 4.78 is 13.5. The van der Waals surface area contributed by atoms with Gasteiger partial charge in [-0.1, -0.05) is 49.7 Å². The predicted molar refractivity (Wildman–Crippen MR) is 103 cm³/mol. The van der Waals surface area contributed by atoms with Crippen LogP contribution in [0, 0.1) is 11.7 Å². The van der Waals surface area contributed by atoms with Gasteiger partial charge < -0.3 is 4.90 Å². The minimum atomic E-state index is -0.306. The molecule has 1 atom stereocenters. The van der Waals surface area contributed by atoms with E-state index in [9.17, 15) is 9.18 Å². The maximum Gasteiger partial charge on any atom is 0.273 e. The van der Waals surface area contributed by atoms with Crippen molar-refractivity contribution in [3.8, 4) is 11.3 Å². The first-order valence-electron chi connectivity index (χ1n) is 8.86. The Labute approximate surface area is 162 Å². The number of halogens is 2. The van der Waals surface area contributed by atoms with E-state index in [4.69, 9.17) is 11.6 Å². The molecule has 0 spiro atoms. The van der Waals surface area contributed by atoms with Crippen LogP contribution in [0.3, 0.4) is 0 Å². The van der Waals surface area contributed by atoms with Gasteiger partial charge in [0.1, 0.15) is 11.5 Å². The zero-order chi connectivity index (χ0) is 19.1. The number of fused-ring (bicyclic) bond motifs is 1. The molecule has 0 radical (unpaired) electrons. The molecule has 1 amide bonds. The van der Waals surface area contributed by atoms with Crippen LogP contribution in [0.5, 0.6) is 0 Å². The number of hydrogen-bond acceptors (Lipinski definition) is 2. The van der Waals surface area contributed by atoms with Crippen LogP contribution in [0.15, 0.2) is 48.5 Å². The molecule has 0 aliphatic carbocycles. The average Bonchev–Trinajstić information content (AvgIpc) is 3.17. The first-order chi connectivity index (χ1) is 13.0. The van der Waals surface area contributed by atoms with Gasteiger partial charge in [0.05, 0.1) is 11.7 Å². The second kappa shape index (κ2) is 6.82. The van der Waals surface area contributed by atoms with E-state index in [1.807, 2.05) is 17.0 Å². The summed E-state index contributed by atoms with van der Waals surface area (Å²) in [5.74, 6) is -0.0857. The van der Waals surface area contributed by atoms with E-state index in [1.54, 1.807) is 24.3 Å². The SMILES string of the molecule is CC(C)CN1C(=O)c2[nH]nc(-c3ccc(Cl)cc3)c2C1c1ccc(F)cc1. The Morgan fingerprint density at radius 2 is 1.81 bits per heavy atom. The average molecular weight is 384 g/mol. The first-order valence-corrected chi connectivity index (χ1v) is 9.24. The Morgan fingerprint density at radius 1 is 1.15 bits per heavy atom. The summed E-state index contributed by atoms with van der Waals surface area (Å²) in [6.45, 7) is 4.74. The Hall–Kier alpha value is -2.66. The molecule has 0 saturated heterocycles. The number of aromatic amines is 1. The number of carbonyl (C=O) groups is 1. The van der Waals surface area contributed by atoms with E-state index in [0.29, 0.717) is 23.2 Å². The highest BCUT2D eigenvalue weighted by Gasteiger charge is 2.42. The third-order valence-corrected chi connectivity index (χ3v) is 4.98. The fraction of sp³-hybridized carbons (Fsp3) is 0.238. The van der Waals surface area contributed by atoms with Crippen LogP contribution < -0.4 is 0 Å². The number of amides is 1. The smallest absolute Gasteiger partial charge is 0.273 e. The van der Waals surface area contributed by atoms with Crippen LogP contribution in [0.2, 0.25) is 5.02 Å². The van der Waals surface area contributed by atoms with E-state index in [2.05, 4.69) is 24.0 Å². The third kappa shape index (κ3) is 3.12. The largest absolute Gasteiger partial charge is 0.326 e. The molecule has 2 aromatic carbocycles. The number of rotatable bonds is 4. The van der Waals surface area contributed by atoms with Crippen LogP contribution in [-0.4, -0.2) is 27.5 Å². The van der Waals surface area contributed by atoms with Crippen molar-refractivity contribution in [1.82, 2.24) is 15.1 Å². The van der Waals surface area contributed by atoms with E-state index in [-0.39, 0.29) is 17.8 Å². The van der Waals surface area contributed by atoms with Crippen LogP contribution in [0.25, 0.3) is 11.3 Å². The van der Waals surface area contributed by atoms with E-state index < -0.39 is 0 Å². The van der Waals surface area contributed by atoms with Crippen LogP contribution >= 0.6 is 11.6 Å². The molecule has 0 fully saturated rings. The van der Waals surface area contributed by atoms with Crippen molar-refractivity contribution >= 4 is 17.5 Å². The van der Waals surface area contributed by atoms with Crippen molar-refractivity contribution in [2.75, 3.05) is 6.54 Å². The van der Waals surface area contributed by atoms with E-state index in [0.717, 1.165) is 22.4 Å². The van der Waals surface area contributed by atoms with Crippen molar-refractivity contribution in [2.45, 2.75) is 19.9 Å². The Balaban J connectivity index is 1.87. The molecule has 1 aliphatic rings. The molecule has 27 heavy (non-hydrogen) atoms.